The molecule has 0 heterocycles. The van der Waals surface area contributed by atoms with Gasteiger partial charge in [-0.15, -0.1) is 0 Å². The van der Waals surface area contributed by atoms with Crippen molar-refractivity contribution in [1.82, 2.24) is 0 Å². The van der Waals surface area contributed by atoms with Crippen LogP contribution in [0, 0.1) is 10.1 Å². The molecule has 7 heteroatoms. The van der Waals surface area contributed by atoms with Crippen molar-refractivity contribution in [3.05, 3.63) is 33.9 Å². The van der Waals surface area contributed by atoms with Gasteiger partial charge in [-0.2, -0.15) is 0 Å². The van der Waals surface area contributed by atoms with Gasteiger partial charge in [0.1, 0.15) is 5.69 Å². The molecule has 18 heavy (non-hydrogen) atoms. The molecule has 0 spiro atoms. The smallest absolute Gasteiger partial charge is 0.335 e. The van der Waals surface area contributed by atoms with E-state index >= 15 is 0 Å². The Morgan fingerprint density at radius 3 is 2.67 bits per heavy atom. The molecule has 7 nitrogen and oxygen atoms in total. The highest BCUT2D eigenvalue weighted by Crippen LogP contribution is 2.26. The SMILES string of the molecule is CCC(CO)Nc1ccc(C(=O)O)cc1[N+](=O)[O-]. The third-order valence-electron chi connectivity index (χ3n) is 2.51. The largest absolute Gasteiger partial charge is 0.478 e. The Hall–Kier alpha value is -2.15. The van der Waals surface area contributed by atoms with Crippen LogP contribution in [0.4, 0.5) is 11.4 Å². The Balaban J connectivity index is 3.11. The zero-order chi connectivity index (χ0) is 13.7. The van der Waals surface area contributed by atoms with E-state index in [1.54, 1.807) is 0 Å². The van der Waals surface area contributed by atoms with Crippen molar-refractivity contribution in [3.8, 4) is 0 Å². The van der Waals surface area contributed by atoms with Crippen LogP contribution >= 0.6 is 0 Å². The lowest BCUT2D eigenvalue weighted by atomic mass is 10.1. The Morgan fingerprint density at radius 2 is 2.22 bits per heavy atom. The van der Waals surface area contributed by atoms with E-state index in [4.69, 9.17) is 10.2 Å². The average molecular weight is 254 g/mol. The maximum absolute atomic E-state index is 10.9. The molecular formula is C11H14N2O5. The number of hydrogen-bond acceptors (Lipinski definition) is 5. The molecule has 0 saturated carbocycles. The second kappa shape index (κ2) is 5.97. The van der Waals surface area contributed by atoms with Crippen LogP contribution in [0.3, 0.4) is 0 Å². The third kappa shape index (κ3) is 3.17. The van der Waals surface area contributed by atoms with Crippen LogP contribution in [0.2, 0.25) is 0 Å². The Bertz CT molecular complexity index is 457. The van der Waals surface area contributed by atoms with Crippen LogP contribution in [0.15, 0.2) is 18.2 Å². The van der Waals surface area contributed by atoms with Gasteiger partial charge >= 0.3 is 5.97 Å². The van der Waals surface area contributed by atoms with Gasteiger partial charge in [0.25, 0.3) is 5.69 Å². The molecule has 0 radical (unpaired) electrons. The van der Waals surface area contributed by atoms with Crippen molar-refractivity contribution in [3.63, 3.8) is 0 Å². The maximum atomic E-state index is 10.9. The lowest BCUT2D eigenvalue weighted by molar-refractivity contribution is -0.384. The summed E-state index contributed by atoms with van der Waals surface area (Å²) in [6.07, 6.45) is 0.592. The second-order valence-electron chi connectivity index (χ2n) is 3.73. The van der Waals surface area contributed by atoms with Gasteiger partial charge in [0.15, 0.2) is 0 Å². The monoisotopic (exact) mass is 254 g/mol. The van der Waals surface area contributed by atoms with Crippen LogP contribution in [0.25, 0.3) is 0 Å². The van der Waals surface area contributed by atoms with Gasteiger partial charge in [-0.05, 0) is 18.6 Å². The van der Waals surface area contributed by atoms with Gasteiger partial charge in [-0.1, -0.05) is 6.92 Å². The number of nitro groups is 1. The van der Waals surface area contributed by atoms with Gasteiger partial charge in [-0.25, -0.2) is 4.79 Å². The molecule has 1 aromatic rings. The zero-order valence-corrected chi connectivity index (χ0v) is 9.79. The zero-order valence-electron chi connectivity index (χ0n) is 9.79. The van der Waals surface area contributed by atoms with E-state index in [1.165, 1.54) is 12.1 Å². The van der Waals surface area contributed by atoms with E-state index in [-0.39, 0.29) is 29.6 Å². The maximum Gasteiger partial charge on any atom is 0.335 e. The first-order valence-electron chi connectivity index (χ1n) is 5.38. The highest BCUT2D eigenvalue weighted by molar-refractivity contribution is 5.89. The van der Waals surface area contributed by atoms with E-state index in [2.05, 4.69) is 5.32 Å². The van der Waals surface area contributed by atoms with Crippen molar-refractivity contribution >= 4 is 17.3 Å². The van der Waals surface area contributed by atoms with E-state index in [1.807, 2.05) is 6.92 Å². The third-order valence-corrected chi connectivity index (χ3v) is 2.51. The van der Waals surface area contributed by atoms with Crippen molar-refractivity contribution in [2.24, 2.45) is 0 Å². The van der Waals surface area contributed by atoms with Crippen molar-refractivity contribution in [1.29, 1.82) is 0 Å². The molecule has 0 saturated heterocycles. The number of aliphatic hydroxyl groups excluding tert-OH is 1. The normalized spacial score (nSPS) is 11.9. The Labute approximate surface area is 103 Å². The minimum absolute atomic E-state index is 0.149. The minimum Gasteiger partial charge on any atom is -0.478 e. The van der Waals surface area contributed by atoms with Gasteiger partial charge < -0.3 is 15.5 Å². The van der Waals surface area contributed by atoms with E-state index in [0.29, 0.717) is 6.42 Å². The number of carboxylic acid groups (broad SMARTS) is 1. The van der Waals surface area contributed by atoms with Crippen LogP contribution in [0.5, 0.6) is 0 Å². The lowest BCUT2D eigenvalue weighted by Gasteiger charge is -2.15. The van der Waals surface area contributed by atoms with Crippen LogP contribution < -0.4 is 5.32 Å². The Morgan fingerprint density at radius 1 is 1.56 bits per heavy atom. The molecule has 3 N–H and O–H groups in total. The number of rotatable bonds is 6. The number of hydrogen-bond donors (Lipinski definition) is 3. The molecule has 0 bridgehead atoms. The van der Waals surface area contributed by atoms with Crippen LogP contribution in [-0.2, 0) is 0 Å². The number of nitro benzene ring substituents is 1. The molecule has 0 aliphatic carbocycles. The highest BCUT2D eigenvalue weighted by atomic mass is 16.6. The first kappa shape index (κ1) is 13.9. The summed E-state index contributed by atoms with van der Waals surface area (Å²) in [4.78, 5) is 20.9. The van der Waals surface area contributed by atoms with Crippen molar-refractivity contribution in [2.75, 3.05) is 11.9 Å². The summed E-state index contributed by atoms with van der Waals surface area (Å²) in [6.45, 7) is 1.67. The molecule has 98 valence electrons. The second-order valence-corrected chi connectivity index (χ2v) is 3.73. The molecule has 0 fully saturated rings. The number of aliphatic hydroxyl groups is 1. The van der Waals surface area contributed by atoms with Crippen LogP contribution in [-0.4, -0.2) is 33.8 Å². The fourth-order valence-corrected chi connectivity index (χ4v) is 1.43. The van der Waals surface area contributed by atoms with E-state index < -0.39 is 10.9 Å². The van der Waals surface area contributed by atoms with E-state index in [9.17, 15) is 14.9 Å². The summed E-state index contributed by atoms with van der Waals surface area (Å²) < 4.78 is 0. The van der Waals surface area contributed by atoms with Gasteiger partial charge in [0, 0.05) is 12.1 Å². The van der Waals surface area contributed by atoms with Crippen molar-refractivity contribution in [2.45, 2.75) is 19.4 Å². The molecule has 1 atom stereocenters. The van der Waals surface area contributed by atoms with Gasteiger partial charge in [0.05, 0.1) is 17.1 Å². The summed E-state index contributed by atoms with van der Waals surface area (Å²) in [7, 11) is 0. The molecule has 1 rings (SSSR count). The molecule has 0 aliphatic rings. The summed E-state index contributed by atoms with van der Waals surface area (Å²) in [5, 5.41) is 31.5. The molecule has 0 aromatic heterocycles. The molecule has 0 aliphatic heterocycles. The summed E-state index contributed by atoms with van der Waals surface area (Å²) in [5.74, 6) is -1.22. The number of nitrogens with one attached hydrogen (secondary N) is 1. The van der Waals surface area contributed by atoms with Gasteiger partial charge in [-0.3, -0.25) is 10.1 Å². The Kier molecular flexibility index (Phi) is 4.61. The number of carbonyl (C=O) groups is 1. The predicted octanol–water partition coefficient (Wildman–Crippen LogP) is 1.48. The molecule has 1 aromatic carbocycles. The molecular weight excluding hydrogens is 240 g/mol. The minimum atomic E-state index is -1.22. The van der Waals surface area contributed by atoms with E-state index in [0.717, 1.165) is 6.07 Å². The quantitative estimate of drug-likeness (QED) is 0.523. The summed E-state index contributed by atoms with van der Waals surface area (Å²) >= 11 is 0. The average Bonchev–Trinajstić information content (AvgIpc) is 2.35. The standard InChI is InChI=1S/C11H14N2O5/c1-2-8(6-14)12-9-4-3-7(11(15)16)5-10(9)13(17)18/h3-5,8,12,14H,2,6H2,1H3,(H,15,16). The first-order valence-corrected chi connectivity index (χ1v) is 5.38. The first-order chi connectivity index (χ1) is 8.49. The summed E-state index contributed by atoms with van der Waals surface area (Å²) in [6, 6.07) is 3.30. The fraction of sp³-hybridized carbons (Fsp3) is 0.364. The topological polar surface area (TPSA) is 113 Å². The number of nitrogens with zero attached hydrogens (tertiary/aromatic N) is 1. The number of aromatic carboxylic acids is 1. The predicted molar refractivity (Wildman–Crippen MR) is 64.8 cm³/mol. The number of anilines is 1. The number of carboxylic acids is 1. The highest BCUT2D eigenvalue weighted by Gasteiger charge is 2.18. The van der Waals surface area contributed by atoms with Gasteiger partial charge in [0.2, 0.25) is 0 Å². The fourth-order valence-electron chi connectivity index (χ4n) is 1.43. The molecule has 1 unspecified atom stereocenters. The number of benzene rings is 1. The lowest BCUT2D eigenvalue weighted by Crippen LogP contribution is -2.23. The molecule has 0 amide bonds. The van der Waals surface area contributed by atoms with Crippen molar-refractivity contribution < 1.29 is 19.9 Å². The summed E-state index contributed by atoms with van der Waals surface area (Å²) in [5.41, 5.74) is -0.267. The van der Waals surface area contributed by atoms with Crippen LogP contribution in [0.1, 0.15) is 23.7 Å².